The Balaban J connectivity index is 1.68. The summed E-state index contributed by atoms with van der Waals surface area (Å²) in [5.74, 6) is -1.52. The fourth-order valence-electron chi connectivity index (χ4n) is 4.18. The molecule has 1 amide bonds. The van der Waals surface area contributed by atoms with Crippen molar-refractivity contribution in [2.24, 2.45) is 0 Å². The van der Waals surface area contributed by atoms with Gasteiger partial charge >= 0.3 is 0 Å². The number of rotatable bonds is 6. The number of morpholine rings is 1. The second-order valence-corrected chi connectivity index (χ2v) is 8.65. The molecule has 168 valence electrons. The molecule has 0 unspecified atom stereocenters. The Morgan fingerprint density at radius 2 is 1.72 bits per heavy atom. The zero-order chi connectivity index (χ0) is 22.7. The van der Waals surface area contributed by atoms with Crippen LogP contribution < -0.4 is 0 Å². The first kappa shape index (κ1) is 22.8. The van der Waals surface area contributed by atoms with Gasteiger partial charge < -0.3 is 14.7 Å². The molecule has 2 saturated heterocycles. The van der Waals surface area contributed by atoms with Crippen LogP contribution in [0.1, 0.15) is 23.6 Å². The summed E-state index contributed by atoms with van der Waals surface area (Å²) in [5, 5.41) is 11.7. The van der Waals surface area contributed by atoms with Crippen molar-refractivity contribution in [1.82, 2.24) is 9.80 Å². The molecule has 2 fully saturated rings. The maximum Gasteiger partial charge on any atom is 0.295 e. The van der Waals surface area contributed by atoms with Crippen molar-refractivity contribution >= 4 is 40.7 Å². The predicted octanol–water partition coefficient (Wildman–Crippen LogP) is 4.14. The van der Waals surface area contributed by atoms with E-state index in [0.29, 0.717) is 47.4 Å². The van der Waals surface area contributed by atoms with E-state index in [-0.39, 0.29) is 11.3 Å². The first-order valence-corrected chi connectivity index (χ1v) is 11.3. The van der Waals surface area contributed by atoms with Crippen LogP contribution in [-0.2, 0) is 14.3 Å². The van der Waals surface area contributed by atoms with Gasteiger partial charge in [0, 0.05) is 31.7 Å². The third kappa shape index (κ3) is 4.69. The smallest absolute Gasteiger partial charge is 0.295 e. The molecule has 0 aliphatic carbocycles. The average molecular weight is 475 g/mol. The number of ether oxygens (including phenoxy) is 1. The molecule has 8 heteroatoms. The second kappa shape index (κ2) is 10.0. The third-order valence-corrected chi connectivity index (χ3v) is 6.56. The molecule has 2 aromatic rings. The van der Waals surface area contributed by atoms with Crippen molar-refractivity contribution < 1.29 is 19.4 Å². The predicted molar refractivity (Wildman–Crippen MR) is 124 cm³/mol. The normalized spacial score (nSPS) is 21.3. The highest BCUT2D eigenvalue weighted by atomic mass is 35.5. The molecular formula is C24H24Cl2N2O4. The van der Waals surface area contributed by atoms with E-state index in [1.165, 1.54) is 4.90 Å². The lowest BCUT2D eigenvalue weighted by molar-refractivity contribution is -0.140. The Bertz CT molecular complexity index is 1040. The topological polar surface area (TPSA) is 70.1 Å². The van der Waals surface area contributed by atoms with Gasteiger partial charge in [-0.25, -0.2) is 0 Å². The summed E-state index contributed by atoms with van der Waals surface area (Å²) in [4.78, 5) is 29.8. The minimum Gasteiger partial charge on any atom is -0.507 e. The number of benzene rings is 2. The van der Waals surface area contributed by atoms with E-state index in [9.17, 15) is 14.7 Å². The van der Waals surface area contributed by atoms with Crippen molar-refractivity contribution in [3.63, 3.8) is 0 Å². The van der Waals surface area contributed by atoms with Gasteiger partial charge in [0.25, 0.3) is 11.7 Å². The third-order valence-electron chi connectivity index (χ3n) is 5.82. The van der Waals surface area contributed by atoms with E-state index in [1.54, 1.807) is 42.5 Å². The molecule has 2 aliphatic heterocycles. The fraction of sp³-hybridized carbons (Fsp3) is 0.333. The molecule has 0 saturated carbocycles. The maximum atomic E-state index is 13.0. The van der Waals surface area contributed by atoms with Gasteiger partial charge in [0.15, 0.2) is 0 Å². The van der Waals surface area contributed by atoms with E-state index >= 15 is 0 Å². The summed E-state index contributed by atoms with van der Waals surface area (Å²) in [6, 6.07) is 13.0. The van der Waals surface area contributed by atoms with E-state index in [0.717, 1.165) is 19.6 Å². The largest absolute Gasteiger partial charge is 0.507 e. The number of hydrogen-bond acceptors (Lipinski definition) is 5. The summed E-state index contributed by atoms with van der Waals surface area (Å²) >= 11 is 12.3. The highest BCUT2D eigenvalue weighted by Gasteiger charge is 2.45. The molecule has 4 rings (SSSR count). The Morgan fingerprint density at radius 3 is 2.41 bits per heavy atom. The number of aliphatic hydroxyl groups is 1. The lowest BCUT2D eigenvalue weighted by Gasteiger charge is -2.29. The molecule has 1 atom stereocenters. The number of aliphatic hydroxyl groups excluding tert-OH is 1. The van der Waals surface area contributed by atoms with Gasteiger partial charge in [-0.2, -0.15) is 0 Å². The number of carbonyl (C=O) groups is 2. The fourth-order valence-corrected chi connectivity index (χ4v) is 4.49. The molecule has 32 heavy (non-hydrogen) atoms. The van der Waals surface area contributed by atoms with Crippen molar-refractivity contribution in [3.05, 3.63) is 75.3 Å². The standard InChI is InChI=1S/C24H24Cl2N2O4/c25-18-8-7-17(15-19(18)26)21-20(22(29)16-5-2-1-3-6-16)23(30)24(31)28(21)10-4-9-27-11-13-32-14-12-27/h1-3,5-8,15,21,29H,4,9-14H2/b22-20+/t21-/m0/s1. The van der Waals surface area contributed by atoms with Crippen LogP contribution in [0.25, 0.3) is 5.76 Å². The first-order valence-electron chi connectivity index (χ1n) is 10.6. The Hall–Kier alpha value is -2.38. The summed E-state index contributed by atoms with van der Waals surface area (Å²) < 4.78 is 5.38. The lowest BCUT2D eigenvalue weighted by Crippen LogP contribution is -2.38. The first-order chi connectivity index (χ1) is 15.5. The van der Waals surface area contributed by atoms with Gasteiger partial charge in [-0.3, -0.25) is 14.5 Å². The Labute approximate surface area is 197 Å². The monoisotopic (exact) mass is 474 g/mol. The summed E-state index contributed by atoms with van der Waals surface area (Å²) in [6.07, 6.45) is 0.691. The molecule has 0 aromatic heterocycles. The Morgan fingerprint density at radius 1 is 1.00 bits per heavy atom. The van der Waals surface area contributed by atoms with Crippen molar-refractivity contribution in [3.8, 4) is 0 Å². The van der Waals surface area contributed by atoms with E-state index < -0.39 is 17.7 Å². The molecule has 0 spiro atoms. The van der Waals surface area contributed by atoms with Crippen LogP contribution in [0.15, 0.2) is 54.1 Å². The molecule has 0 bridgehead atoms. The quantitative estimate of drug-likeness (QED) is 0.387. The highest BCUT2D eigenvalue weighted by Crippen LogP contribution is 2.40. The van der Waals surface area contributed by atoms with Crippen LogP contribution >= 0.6 is 23.2 Å². The van der Waals surface area contributed by atoms with E-state index in [1.807, 2.05) is 6.07 Å². The summed E-state index contributed by atoms with van der Waals surface area (Å²) in [5.41, 5.74) is 1.16. The van der Waals surface area contributed by atoms with Crippen molar-refractivity contribution in [1.29, 1.82) is 0 Å². The van der Waals surface area contributed by atoms with Crippen LogP contribution in [0.2, 0.25) is 10.0 Å². The van der Waals surface area contributed by atoms with Crippen LogP contribution in [-0.4, -0.2) is 66.0 Å². The minimum absolute atomic E-state index is 0.0611. The number of ketones is 1. The summed E-state index contributed by atoms with van der Waals surface area (Å²) in [6.45, 7) is 4.26. The van der Waals surface area contributed by atoms with Gasteiger partial charge in [0.2, 0.25) is 0 Å². The lowest BCUT2D eigenvalue weighted by atomic mass is 9.95. The number of hydrogen-bond donors (Lipinski definition) is 1. The van der Waals surface area contributed by atoms with Crippen LogP contribution in [0.3, 0.4) is 0 Å². The van der Waals surface area contributed by atoms with Crippen LogP contribution in [0.4, 0.5) is 0 Å². The van der Waals surface area contributed by atoms with E-state index in [4.69, 9.17) is 27.9 Å². The number of likely N-dealkylation sites (tertiary alicyclic amines) is 1. The number of carbonyl (C=O) groups excluding carboxylic acids is 2. The second-order valence-electron chi connectivity index (χ2n) is 7.84. The molecule has 0 radical (unpaired) electrons. The average Bonchev–Trinajstić information content (AvgIpc) is 3.07. The van der Waals surface area contributed by atoms with Gasteiger partial charge in [-0.05, 0) is 24.1 Å². The van der Waals surface area contributed by atoms with Gasteiger partial charge in [0.1, 0.15) is 5.76 Å². The van der Waals surface area contributed by atoms with Crippen LogP contribution in [0, 0.1) is 0 Å². The molecule has 1 N–H and O–H groups in total. The summed E-state index contributed by atoms with van der Waals surface area (Å²) in [7, 11) is 0. The van der Waals surface area contributed by atoms with Gasteiger partial charge in [-0.15, -0.1) is 0 Å². The molecular weight excluding hydrogens is 451 g/mol. The number of nitrogens with zero attached hydrogens (tertiary/aromatic N) is 2. The maximum absolute atomic E-state index is 13.0. The van der Waals surface area contributed by atoms with Gasteiger partial charge in [-0.1, -0.05) is 59.6 Å². The molecule has 2 aliphatic rings. The number of amides is 1. The van der Waals surface area contributed by atoms with Crippen LogP contribution in [0.5, 0.6) is 0 Å². The Kier molecular flexibility index (Phi) is 7.16. The minimum atomic E-state index is -0.741. The highest BCUT2D eigenvalue weighted by molar-refractivity contribution is 6.46. The SMILES string of the molecule is O=C1C(=O)N(CCCN2CCOCC2)[C@@H](c2ccc(Cl)c(Cl)c2)/C1=C(\O)c1ccccc1. The number of Topliss-reactive ketones (excluding diaryl/α,β-unsaturated/α-hetero) is 1. The number of halogens is 2. The molecule has 2 heterocycles. The van der Waals surface area contributed by atoms with Gasteiger partial charge in [0.05, 0.1) is 34.9 Å². The van der Waals surface area contributed by atoms with Crippen molar-refractivity contribution in [2.75, 3.05) is 39.4 Å². The zero-order valence-electron chi connectivity index (χ0n) is 17.5. The van der Waals surface area contributed by atoms with E-state index in [2.05, 4.69) is 4.90 Å². The van der Waals surface area contributed by atoms with Crippen molar-refractivity contribution in [2.45, 2.75) is 12.5 Å². The molecule has 6 nitrogen and oxygen atoms in total. The molecule has 2 aromatic carbocycles. The zero-order valence-corrected chi connectivity index (χ0v) is 19.0.